The molecular formula is C22H27N5O5. The molecule has 0 spiro atoms. The van der Waals surface area contributed by atoms with Crippen LogP contribution in [-0.2, 0) is 9.53 Å². The molecule has 1 amide bonds. The number of anilines is 2. The zero-order valence-electron chi connectivity index (χ0n) is 18.0. The van der Waals surface area contributed by atoms with Crippen LogP contribution in [0.4, 0.5) is 17.2 Å². The van der Waals surface area contributed by atoms with E-state index < -0.39 is 10.9 Å². The maximum atomic E-state index is 12.7. The molecule has 0 aliphatic carbocycles. The number of esters is 1. The fourth-order valence-corrected chi connectivity index (χ4v) is 3.55. The molecule has 2 aromatic rings. The monoisotopic (exact) mass is 441 g/mol. The Kier molecular flexibility index (Phi) is 7.96. The van der Waals surface area contributed by atoms with Crippen LogP contribution < -0.4 is 10.2 Å². The first kappa shape index (κ1) is 23.0. The number of benzene rings is 1. The van der Waals surface area contributed by atoms with Crippen molar-refractivity contribution in [3.63, 3.8) is 0 Å². The van der Waals surface area contributed by atoms with Gasteiger partial charge in [0.1, 0.15) is 11.5 Å². The highest BCUT2D eigenvalue weighted by atomic mass is 16.6. The lowest BCUT2D eigenvalue weighted by Gasteiger charge is -2.23. The van der Waals surface area contributed by atoms with Crippen molar-refractivity contribution in [2.24, 2.45) is 0 Å². The van der Waals surface area contributed by atoms with Crippen molar-refractivity contribution in [1.82, 2.24) is 9.88 Å². The number of ether oxygens (including phenoxy) is 1. The lowest BCUT2D eigenvalue weighted by atomic mass is 10.2. The van der Waals surface area contributed by atoms with E-state index in [0.717, 1.165) is 18.8 Å². The molecule has 3 rings (SSSR count). The molecule has 0 atom stereocenters. The van der Waals surface area contributed by atoms with Crippen LogP contribution in [0.15, 0.2) is 42.6 Å². The number of nitrogens with zero attached hydrogens (tertiary/aromatic N) is 4. The van der Waals surface area contributed by atoms with Gasteiger partial charge < -0.3 is 19.9 Å². The smallest absolute Gasteiger partial charge is 0.339 e. The summed E-state index contributed by atoms with van der Waals surface area (Å²) in [4.78, 5) is 43.4. The van der Waals surface area contributed by atoms with E-state index in [-0.39, 0.29) is 18.0 Å². The van der Waals surface area contributed by atoms with Crippen molar-refractivity contribution >= 4 is 29.1 Å². The Morgan fingerprint density at radius 2 is 1.97 bits per heavy atom. The van der Waals surface area contributed by atoms with Gasteiger partial charge in [0, 0.05) is 51.4 Å². The minimum Gasteiger partial charge on any atom is -0.462 e. The second-order valence-corrected chi connectivity index (χ2v) is 7.30. The number of pyridine rings is 1. The maximum Gasteiger partial charge on any atom is 0.339 e. The largest absolute Gasteiger partial charge is 0.462 e. The zero-order chi connectivity index (χ0) is 22.9. The highest BCUT2D eigenvalue weighted by Crippen LogP contribution is 2.23. The van der Waals surface area contributed by atoms with Crippen molar-refractivity contribution in [2.45, 2.75) is 19.8 Å². The summed E-state index contributed by atoms with van der Waals surface area (Å²) >= 11 is 0. The van der Waals surface area contributed by atoms with Gasteiger partial charge >= 0.3 is 5.97 Å². The molecule has 32 heavy (non-hydrogen) atoms. The average molecular weight is 441 g/mol. The van der Waals surface area contributed by atoms with Crippen LogP contribution in [0.25, 0.3) is 0 Å². The molecular weight excluding hydrogens is 414 g/mol. The summed E-state index contributed by atoms with van der Waals surface area (Å²) in [7, 11) is 0. The van der Waals surface area contributed by atoms with Gasteiger partial charge in [-0.15, -0.1) is 0 Å². The van der Waals surface area contributed by atoms with Gasteiger partial charge in [0.2, 0.25) is 5.91 Å². The van der Waals surface area contributed by atoms with Crippen LogP contribution >= 0.6 is 0 Å². The van der Waals surface area contributed by atoms with Gasteiger partial charge in [-0.3, -0.25) is 14.9 Å². The molecule has 10 heteroatoms. The Morgan fingerprint density at radius 3 is 2.69 bits per heavy atom. The van der Waals surface area contributed by atoms with E-state index >= 15 is 0 Å². The number of amides is 1. The second kappa shape index (κ2) is 11.1. The lowest BCUT2D eigenvalue weighted by molar-refractivity contribution is -0.384. The number of hydrogen-bond acceptors (Lipinski definition) is 8. The van der Waals surface area contributed by atoms with E-state index in [4.69, 9.17) is 4.74 Å². The number of nitro benzene ring substituents is 1. The molecule has 1 aliphatic rings. The Labute approximate surface area is 186 Å². The molecule has 1 fully saturated rings. The Balaban J connectivity index is 1.50. The average Bonchev–Trinajstić information content (AvgIpc) is 3.06. The minimum absolute atomic E-state index is 0.00329. The normalized spacial score (nSPS) is 13.9. The van der Waals surface area contributed by atoms with Gasteiger partial charge in [-0.2, -0.15) is 0 Å². The number of hydrogen-bond donors (Lipinski definition) is 1. The van der Waals surface area contributed by atoms with Crippen LogP contribution in [0.1, 0.15) is 30.1 Å². The molecule has 0 bridgehead atoms. The number of carbonyl (C=O) groups excluding carboxylic acids is 2. The predicted octanol–water partition coefficient (Wildman–Crippen LogP) is 2.71. The van der Waals surface area contributed by atoms with Crippen molar-refractivity contribution in [3.8, 4) is 0 Å². The molecule has 10 nitrogen and oxygen atoms in total. The third-order valence-electron chi connectivity index (χ3n) is 5.19. The fourth-order valence-electron chi connectivity index (χ4n) is 3.55. The third-order valence-corrected chi connectivity index (χ3v) is 5.19. The number of nitro groups is 1. The molecule has 0 unspecified atom stereocenters. The van der Waals surface area contributed by atoms with Crippen LogP contribution in [0.3, 0.4) is 0 Å². The minimum atomic E-state index is -0.444. The molecule has 2 heterocycles. The first-order chi connectivity index (χ1) is 15.5. The summed E-state index contributed by atoms with van der Waals surface area (Å²) in [6.07, 6.45) is 2.55. The summed E-state index contributed by atoms with van der Waals surface area (Å²) in [5.74, 6) is 0.364. The quantitative estimate of drug-likeness (QED) is 0.377. The first-order valence-electron chi connectivity index (χ1n) is 10.6. The van der Waals surface area contributed by atoms with Gasteiger partial charge in [-0.05, 0) is 31.5 Å². The van der Waals surface area contributed by atoms with Crippen molar-refractivity contribution in [1.29, 1.82) is 0 Å². The van der Waals surface area contributed by atoms with Crippen LogP contribution in [0, 0.1) is 10.1 Å². The van der Waals surface area contributed by atoms with E-state index in [0.29, 0.717) is 44.0 Å². The molecule has 1 saturated heterocycles. The maximum absolute atomic E-state index is 12.7. The fraction of sp³-hybridized carbons (Fsp3) is 0.409. The van der Waals surface area contributed by atoms with Gasteiger partial charge in [0.25, 0.3) is 5.69 Å². The van der Waals surface area contributed by atoms with E-state index in [2.05, 4.69) is 15.2 Å². The molecule has 1 aliphatic heterocycles. The summed E-state index contributed by atoms with van der Waals surface area (Å²) in [6, 6.07) is 9.88. The number of rotatable bonds is 8. The third kappa shape index (κ3) is 5.93. The number of nitrogens with one attached hydrogen (secondary N) is 1. The molecule has 1 aromatic carbocycles. The predicted molar refractivity (Wildman–Crippen MR) is 120 cm³/mol. The van der Waals surface area contributed by atoms with Crippen LogP contribution in [0.5, 0.6) is 0 Å². The molecule has 1 aromatic heterocycles. The summed E-state index contributed by atoms with van der Waals surface area (Å²) in [6.45, 7) is 4.98. The van der Waals surface area contributed by atoms with Crippen LogP contribution in [0.2, 0.25) is 0 Å². The van der Waals surface area contributed by atoms with Gasteiger partial charge in [0.05, 0.1) is 17.1 Å². The lowest BCUT2D eigenvalue weighted by Crippen LogP contribution is -2.36. The summed E-state index contributed by atoms with van der Waals surface area (Å²) in [5, 5.41) is 14.1. The summed E-state index contributed by atoms with van der Waals surface area (Å²) in [5.41, 5.74) is 0.810. The summed E-state index contributed by atoms with van der Waals surface area (Å²) < 4.78 is 4.98. The van der Waals surface area contributed by atoms with E-state index in [9.17, 15) is 19.7 Å². The Morgan fingerprint density at radius 1 is 1.16 bits per heavy atom. The van der Waals surface area contributed by atoms with Crippen molar-refractivity contribution < 1.29 is 19.2 Å². The Bertz CT molecular complexity index is 950. The zero-order valence-corrected chi connectivity index (χ0v) is 18.0. The second-order valence-electron chi connectivity index (χ2n) is 7.30. The number of para-hydroxylation sites is 2. The van der Waals surface area contributed by atoms with Gasteiger partial charge in [-0.1, -0.05) is 12.1 Å². The topological polar surface area (TPSA) is 118 Å². The number of aromatic nitrogens is 1. The van der Waals surface area contributed by atoms with Crippen molar-refractivity contribution in [3.05, 3.63) is 58.3 Å². The molecule has 0 saturated carbocycles. The highest BCUT2D eigenvalue weighted by molar-refractivity contribution is 5.89. The van der Waals surface area contributed by atoms with Crippen LogP contribution in [-0.4, -0.2) is 66.0 Å². The molecule has 170 valence electrons. The Hall–Kier alpha value is -3.69. The standard InChI is InChI=1S/C22H27N5O5/c1-2-32-22(29)17-8-9-20(24-16-17)25-12-5-13-26(15-14-25)21(28)10-11-23-18-6-3-4-7-19(18)27(30)31/h3-4,6-9,16,23H,2,5,10-15H2,1H3. The number of carbonyl (C=O) groups is 2. The molecule has 0 radical (unpaired) electrons. The van der Waals surface area contributed by atoms with E-state index in [1.165, 1.54) is 12.3 Å². The molecule has 1 N–H and O–H groups in total. The first-order valence-corrected chi connectivity index (χ1v) is 10.6. The van der Waals surface area contributed by atoms with Crippen molar-refractivity contribution in [2.75, 3.05) is 49.5 Å². The highest BCUT2D eigenvalue weighted by Gasteiger charge is 2.20. The van der Waals surface area contributed by atoms with E-state index in [1.807, 2.05) is 4.90 Å². The van der Waals surface area contributed by atoms with Gasteiger partial charge in [0.15, 0.2) is 0 Å². The SMILES string of the molecule is CCOC(=O)c1ccc(N2CCCN(C(=O)CCNc3ccccc3[N+](=O)[O-])CC2)nc1. The van der Waals surface area contributed by atoms with E-state index in [1.54, 1.807) is 37.3 Å². The van der Waals surface area contributed by atoms with Gasteiger partial charge in [-0.25, -0.2) is 9.78 Å².